The van der Waals surface area contributed by atoms with Gasteiger partial charge in [0.25, 0.3) is 11.6 Å². The van der Waals surface area contributed by atoms with Crippen LogP contribution in [0.5, 0.6) is 0 Å². The Labute approximate surface area is 136 Å². The number of nitrogens with zero attached hydrogens (tertiary/aromatic N) is 1. The molecule has 0 aliphatic rings. The van der Waals surface area contributed by atoms with Crippen molar-refractivity contribution in [2.24, 2.45) is 0 Å². The molecule has 0 aliphatic heterocycles. The normalized spacial score (nSPS) is 11.5. The van der Waals surface area contributed by atoms with Crippen molar-refractivity contribution in [1.82, 2.24) is 0 Å². The number of carbonyl (C=O) groups excluding carboxylic acids is 2. The number of rotatable bonds is 6. The molecule has 23 heavy (non-hydrogen) atoms. The standard InChI is InChI=1S/C15H14N2O5S/c1-10(22-14(18)8-11-6-7-23-9-11)15(19)16-12-4-2-3-5-13(12)17(20)21/h2-7,9-10H,8H2,1H3,(H,16,19)/t10-/m1/s1. The van der Waals surface area contributed by atoms with E-state index in [1.165, 1.54) is 36.5 Å². The molecule has 1 amide bonds. The molecule has 1 heterocycles. The molecule has 0 radical (unpaired) electrons. The van der Waals surface area contributed by atoms with Crippen LogP contribution < -0.4 is 5.32 Å². The number of esters is 1. The van der Waals surface area contributed by atoms with E-state index < -0.39 is 22.9 Å². The van der Waals surface area contributed by atoms with E-state index in [0.717, 1.165) is 5.56 Å². The molecule has 2 rings (SSSR count). The first kappa shape index (κ1) is 16.6. The molecule has 0 spiro atoms. The summed E-state index contributed by atoms with van der Waals surface area (Å²) in [4.78, 5) is 34.1. The van der Waals surface area contributed by atoms with Gasteiger partial charge in [-0.25, -0.2) is 0 Å². The van der Waals surface area contributed by atoms with Crippen LogP contribution in [0.1, 0.15) is 12.5 Å². The number of hydrogen-bond acceptors (Lipinski definition) is 6. The molecular weight excluding hydrogens is 320 g/mol. The molecule has 1 aromatic heterocycles. The molecule has 1 atom stereocenters. The minimum atomic E-state index is -1.05. The zero-order valence-corrected chi connectivity index (χ0v) is 13.0. The van der Waals surface area contributed by atoms with Crippen molar-refractivity contribution in [3.05, 3.63) is 56.8 Å². The van der Waals surface area contributed by atoms with Crippen molar-refractivity contribution in [3.63, 3.8) is 0 Å². The van der Waals surface area contributed by atoms with Gasteiger partial charge in [-0.3, -0.25) is 19.7 Å². The summed E-state index contributed by atoms with van der Waals surface area (Å²) in [7, 11) is 0. The summed E-state index contributed by atoms with van der Waals surface area (Å²) in [6.45, 7) is 1.41. The molecule has 1 N–H and O–H groups in total. The number of benzene rings is 1. The summed E-state index contributed by atoms with van der Waals surface area (Å²) < 4.78 is 5.04. The molecule has 1 aromatic carbocycles. The highest BCUT2D eigenvalue weighted by Crippen LogP contribution is 2.23. The molecular formula is C15H14N2O5S. The Balaban J connectivity index is 1.95. The monoisotopic (exact) mass is 334 g/mol. The molecule has 0 saturated heterocycles. The highest BCUT2D eigenvalue weighted by atomic mass is 32.1. The van der Waals surface area contributed by atoms with Crippen LogP contribution in [0, 0.1) is 10.1 Å². The second-order valence-corrected chi connectivity index (χ2v) is 5.48. The fourth-order valence-corrected chi connectivity index (χ4v) is 2.49. The average Bonchev–Trinajstić information content (AvgIpc) is 3.00. The van der Waals surface area contributed by atoms with Gasteiger partial charge in [0, 0.05) is 6.07 Å². The lowest BCUT2D eigenvalue weighted by Gasteiger charge is -2.13. The third-order valence-corrected chi connectivity index (χ3v) is 3.70. The van der Waals surface area contributed by atoms with Gasteiger partial charge in [-0.1, -0.05) is 12.1 Å². The van der Waals surface area contributed by atoms with E-state index in [9.17, 15) is 19.7 Å². The van der Waals surface area contributed by atoms with E-state index in [1.54, 1.807) is 12.1 Å². The van der Waals surface area contributed by atoms with Crippen molar-refractivity contribution < 1.29 is 19.2 Å². The molecule has 0 unspecified atom stereocenters. The number of amides is 1. The number of anilines is 1. The number of para-hydroxylation sites is 2. The number of hydrogen-bond donors (Lipinski definition) is 1. The van der Waals surface area contributed by atoms with E-state index in [-0.39, 0.29) is 17.8 Å². The van der Waals surface area contributed by atoms with Crippen molar-refractivity contribution in [1.29, 1.82) is 0 Å². The summed E-state index contributed by atoms with van der Waals surface area (Å²) in [5.41, 5.74) is 0.646. The maximum Gasteiger partial charge on any atom is 0.311 e. The van der Waals surface area contributed by atoms with Crippen molar-refractivity contribution >= 4 is 34.6 Å². The zero-order chi connectivity index (χ0) is 16.8. The summed E-state index contributed by atoms with van der Waals surface area (Å²) in [6, 6.07) is 7.55. The van der Waals surface area contributed by atoms with Gasteiger partial charge in [0.05, 0.1) is 11.3 Å². The average molecular weight is 334 g/mol. The first-order valence-electron chi connectivity index (χ1n) is 6.72. The Morgan fingerprint density at radius 1 is 1.35 bits per heavy atom. The minimum Gasteiger partial charge on any atom is -0.452 e. The van der Waals surface area contributed by atoms with Gasteiger partial charge in [0.1, 0.15) is 5.69 Å². The lowest BCUT2D eigenvalue weighted by atomic mass is 10.2. The molecule has 2 aromatic rings. The molecule has 7 nitrogen and oxygen atoms in total. The van der Waals surface area contributed by atoms with Crippen molar-refractivity contribution in [2.75, 3.05) is 5.32 Å². The summed E-state index contributed by atoms with van der Waals surface area (Å²) >= 11 is 1.46. The summed E-state index contributed by atoms with van der Waals surface area (Å²) in [5, 5.41) is 17.0. The Kier molecular flexibility index (Phi) is 5.42. The lowest BCUT2D eigenvalue weighted by Crippen LogP contribution is -2.30. The van der Waals surface area contributed by atoms with Crippen LogP contribution in [0.25, 0.3) is 0 Å². The lowest BCUT2D eigenvalue weighted by molar-refractivity contribution is -0.383. The largest absolute Gasteiger partial charge is 0.452 e. The molecule has 120 valence electrons. The number of ether oxygens (including phenoxy) is 1. The van der Waals surface area contributed by atoms with Gasteiger partial charge in [-0.2, -0.15) is 11.3 Å². The maximum absolute atomic E-state index is 12.0. The van der Waals surface area contributed by atoms with Crippen LogP contribution in [-0.2, 0) is 20.7 Å². The third kappa shape index (κ3) is 4.62. The van der Waals surface area contributed by atoms with Gasteiger partial charge >= 0.3 is 5.97 Å². The van der Waals surface area contributed by atoms with Crippen molar-refractivity contribution in [3.8, 4) is 0 Å². The fourth-order valence-electron chi connectivity index (χ4n) is 1.83. The van der Waals surface area contributed by atoms with Gasteiger partial charge in [0.2, 0.25) is 0 Å². The van der Waals surface area contributed by atoms with Crippen molar-refractivity contribution in [2.45, 2.75) is 19.4 Å². The minimum absolute atomic E-state index is 0.0585. The second kappa shape index (κ2) is 7.50. The molecule has 0 saturated carbocycles. The SMILES string of the molecule is C[C@@H](OC(=O)Cc1ccsc1)C(=O)Nc1ccccc1[N+](=O)[O-]. The number of carbonyl (C=O) groups is 2. The van der Waals surface area contributed by atoms with Gasteiger partial charge in [0.15, 0.2) is 6.10 Å². The van der Waals surface area contributed by atoms with Crippen LogP contribution in [-0.4, -0.2) is 22.9 Å². The first-order chi connectivity index (χ1) is 11.0. The predicted molar refractivity (Wildman–Crippen MR) is 85.3 cm³/mol. The van der Waals surface area contributed by atoms with E-state index in [4.69, 9.17) is 4.74 Å². The molecule has 0 fully saturated rings. The summed E-state index contributed by atoms with van der Waals surface area (Å²) in [6.07, 6.45) is -0.979. The van der Waals surface area contributed by atoms with Crippen LogP contribution in [0.3, 0.4) is 0 Å². The van der Waals surface area contributed by atoms with Gasteiger partial charge in [-0.15, -0.1) is 0 Å². The number of thiophene rings is 1. The molecule has 0 aliphatic carbocycles. The topological polar surface area (TPSA) is 98.5 Å². The zero-order valence-electron chi connectivity index (χ0n) is 12.2. The first-order valence-corrected chi connectivity index (χ1v) is 7.66. The number of nitrogens with one attached hydrogen (secondary N) is 1. The van der Waals surface area contributed by atoms with E-state index in [1.807, 2.05) is 10.8 Å². The van der Waals surface area contributed by atoms with Crippen LogP contribution >= 0.6 is 11.3 Å². The van der Waals surface area contributed by atoms with Gasteiger partial charge in [-0.05, 0) is 35.4 Å². The smallest absolute Gasteiger partial charge is 0.311 e. The highest BCUT2D eigenvalue weighted by Gasteiger charge is 2.21. The molecule has 0 bridgehead atoms. The fraction of sp³-hybridized carbons (Fsp3) is 0.200. The highest BCUT2D eigenvalue weighted by molar-refractivity contribution is 7.07. The summed E-state index contributed by atoms with van der Waals surface area (Å²) in [5.74, 6) is -1.16. The van der Waals surface area contributed by atoms with Gasteiger partial charge < -0.3 is 10.1 Å². The van der Waals surface area contributed by atoms with Crippen LogP contribution in [0.15, 0.2) is 41.1 Å². The molecule has 8 heteroatoms. The Morgan fingerprint density at radius 3 is 2.74 bits per heavy atom. The third-order valence-electron chi connectivity index (χ3n) is 2.96. The van der Waals surface area contributed by atoms with E-state index >= 15 is 0 Å². The van der Waals surface area contributed by atoms with Crippen LogP contribution in [0.2, 0.25) is 0 Å². The Bertz CT molecular complexity index is 714. The Hall–Kier alpha value is -2.74. The van der Waals surface area contributed by atoms with E-state index in [2.05, 4.69) is 5.32 Å². The quantitative estimate of drug-likeness (QED) is 0.497. The maximum atomic E-state index is 12.0. The second-order valence-electron chi connectivity index (χ2n) is 4.70. The van der Waals surface area contributed by atoms with Crippen LogP contribution in [0.4, 0.5) is 11.4 Å². The van der Waals surface area contributed by atoms with E-state index in [0.29, 0.717) is 0 Å². The number of nitro benzene ring substituents is 1. The Morgan fingerprint density at radius 2 is 2.09 bits per heavy atom. The predicted octanol–water partition coefficient (Wildman–Crippen LogP) is 2.77. The number of nitro groups is 1.